The molecule has 2 aliphatic carbocycles. The zero-order chi connectivity index (χ0) is 26.4. The Hall–Kier alpha value is -3.21. The normalized spacial score (nSPS) is 21.7. The quantitative estimate of drug-likeness (QED) is 0.580. The number of carbonyl (C=O) groups is 3. The van der Waals surface area contributed by atoms with Crippen molar-refractivity contribution in [3.05, 3.63) is 40.7 Å². The molecule has 8 nitrogen and oxygen atoms in total. The van der Waals surface area contributed by atoms with Crippen molar-refractivity contribution < 1.29 is 32.7 Å². The predicted molar refractivity (Wildman–Crippen MR) is 125 cm³/mol. The number of Topliss-reactive ketones (excluding diaryl/α,β-unsaturated/α-hetero) is 1. The number of nitrogens with zero attached hydrogens (tertiary/aromatic N) is 3. The summed E-state index contributed by atoms with van der Waals surface area (Å²) in [7, 11) is 0. The molecule has 0 unspecified atom stereocenters. The Bertz CT molecular complexity index is 1200. The van der Waals surface area contributed by atoms with Crippen molar-refractivity contribution in [3.63, 3.8) is 0 Å². The van der Waals surface area contributed by atoms with Gasteiger partial charge in [0, 0.05) is 12.5 Å². The summed E-state index contributed by atoms with van der Waals surface area (Å²) in [5.74, 6) is -1.37. The Kier molecular flexibility index (Phi) is 6.72. The number of aldehydes is 1. The minimum absolute atomic E-state index is 0.0265. The molecular formula is C25H29F3N4O4. The summed E-state index contributed by atoms with van der Waals surface area (Å²) in [4.78, 5) is 38.3. The number of rotatable bonds is 6. The van der Waals surface area contributed by atoms with Crippen LogP contribution in [0, 0.1) is 5.41 Å². The maximum absolute atomic E-state index is 13.9. The van der Waals surface area contributed by atoms with Crippen LogP contribution in [0.3, 0.4) is 0 Å². The highest BCUT2D eigenvalue weighted by atomic mass is 19.4. The van der Waals surface area contributed by atoms with Crippen molar-refractivity contribution in [1.82, 2.24) is 9.78 Å². The number of ketones is 1. The van der Waals surface area contributed by atoms with Gasteiger partial charge in [-0.15, -0.1) is 0 Å². The second kappa shape index (κ2) is 9.34. The third-order valence-electron chi connectivity index (χ3n) is 6.99. The summed E-state index contributed by atoms with van der Waals surface area (Å²) < 4.78 is 42.7. The van der Waals surface area contributed by atoms with Crippen LogP contribution in [0.4, 0.5) is 18.9 Å². The summed E-state index contributed by atoms with van der Waals surface area (Å²) in [6.07, 6.45) is -2.25. The van der Waals surface area contributed by atoms with Crippen LogP contribution in [-0.2, 0) is 17.4 Å². The lowest BCUT2D eigenvalue weighted by Crippen LogP contribution is -2.41. The first-order valence-electron chi connectivity index (χ1n) is 11.9. The Balaban J connectivity index is 1.89. The molecule has 4 rings (SSSR count). The molecule has 0 aliphatic heterocycles. The number of fused-ring (bicyclic) bond motifs is 1. The molecule has 36 heavy (non-hydrogen) atoms. The fourth-order valence-electron chi connectivity index (χ4n) is 5.35. The smallest absolute Gasteiger partial charge is 0.393 e. The van der Waals surface area contributed by atoms with E-state index in [1.165, 1.54) is 18.2 Å². The average Bonchev–Trinajstić information content (AvgIpc) is 3.17. The lowest BCUT2D eigenvalue weighted by molar-refractivity contribution is -0.141. The van der Waals surface area contributed by atoms with E-state index in [0.717, 1.165) is 4.68 Å². The summed E-state index contributed by atoms with van der Waals surface area (Å²) >= 11 is 0. The number of aliphatic hydroxyl groups is 1. The first-order valence-corrected chi connectivity index (χ1v) is 11.9. The molecule has 1 amide bonds. The van der Waals surface area contributed by atoms with Crippen LogP contribution in [-0.4, -0.2) is 51.6 Å². The Morgan fingerprint density at radius 3 is 2.50 bits per heavy atom. The number of amides is 1. The lowest BCUT2D eigenvalue weighted by atomic mass is 9.75. The van der Waals surface area contributed by atoms with Gasteiger partial charge in [-0.2, -0.15) is 18.3 Å². The Morgan fingerprint density at radius 1 is 1.25 bits per heavy atom. The molecule has 2 aliphatic rings. The van der Waals surface area contributed by atoms with E-state index in [0.29, 0.717) is 37.7 Å². The fourth-order valence-corrected chi connectivity index (χ4v) is 5.35. The summed E-state index contributed by atoms with van der Waals surface area (Å²) in [5, 5.41) is 13.7. The summed E-state index contributed by atoms with van der Waals surface area (Å²) in [6, 6.07) is 4.16. The topological polar surface area (TPSA) is 119 Å². The van der Waals surface area contributed by atoms with E-state index >= 15 is 0 Å². The number of aliphatic hydroxyl groups excluding tert-OH is 1. The summed E-state index contributed by atoms with van der Waals surface area (Å²) in [5.41, 5.74) is 4.18. The van der Waals surface area contributed by atoms with Gasteiger partial charge in [0.05, 0.1) is 40.8 Å². The molecule has 2 aromatic rings. The first kappa shape index (κ1) is 25.9. The van der Waals surface area contributed by atoms with Gasteiger partial charge in [0.1, 0.15) is 6.29 Å². The van der Waals surface area contributed by atoms with Crippen molar-refractivity contribution in [1.29, 1.82) is 0 Å². The predicted octanol–water partition coefficient (Wildman–Crippen LogP) is 3.45. The number of alkyl halides is 3. The SMILES string of the molecule is CC1(C)CC(=O)c2c(C(F)(F)F)nn(-c3ccc(C(N)=O)c(N(CC=O)C4CCC(O)CC4)c3)c2C1. The van der Waals surface area contributed by atoms with Gasteiger partial charge in [-0.25, -0.2) is 4.68 Å². The third-order valence-corrected chi connectivity index (χ3v) is 6.99. The number of aromatic nitrogens is 2. The number of carbonyl (C=O) groups excluding carboxylic acids is 3. The number of benzene rings is 1. The zero-order valence-corrected chi connectivity index (χ0v) is 20.1. The molecule has 0 spiro atoms. The average molecular weight is 507 g/mol. The Morgan fingerprint density at radius 2 is 1.92 bits per heavy atom. The maximum atomic E-state index is 13.9. The molecule has 1 fully saturated rings. The number of primary amides is 1. The van der Waals surface area contributed by atoms with E-state index in [1.54, 1.807) is 4.90 Å². The van der Waals surface area contributed by atoms with Crippen LogP contribution in [0.2, 0.25) is 0 Å². The van der Waals surface area contributed by atoms with Crippen LogP contribution in [0.25, 0.3) is 5.69 Å². The number of nitrogens with two attached hydrogens (primary N) is 1. The third kappa shape index (κ3) is 4.88. The van der Waals surface area contributed by atoms with Crippen molar-refractivity contribution >= 4 is 23.7 Å². The van der Waals surface area contributed by atoms with Gasteiger partial charge in [0.2, 0.25) is 0 Å². The van der Waals surface area contributed by atoms with Crippen molar-refractivity contribution in [2.45, 2.75) is 70.7 Å². The summed E-state index contributed by atoms with van der Waals surface area (Å²) in [6.45, 7) is 3.55. The minimum Gasteiger partial charge on any atom is -0.393 e. The van der Waals surface area contributed by atoms with Gasteiger partial charge in [-0.3, -0.25) is 9.59 Å². The molecule has 194 valence electrons. The maximum Gasteiger partial charge on any atom is 0.435 e. The standard InChI is InChI=1S/C25H29F3N4O4/c1-24(2)12-19-21(20(35)13-24)22(25(26,27)28)30-32(19)15-5-8-17(23(29)36)18(11-15)31(9-10-33)14-3-6-16(34)7-4-14/h5,8,10-11,14,16,34H,3-4,6-7,9,12-13H2,1-2H3,(H2,29,36). The Labute approximate surface area is 206 Å². The molecule has 1 aromatic heterocycles. The van der Waals surface area contributed by atoms with Gasteiger partial charge >= 0.3 is 6.18 Å². The van der Waals surface area contributed by atoms with Gasteiger partial charge in [0.15, 0.2) is 11.5 Å². The second-order valence-corrected chi connectivity index (χ2v) is 10.4. The molecule has 1 heterocycles. The molecular weight excluding hydrogens is 477 g/mol. The van der Waals surface area contributed by atoms with E-state index in [4.69, 9.17) is 5.73 Å². The monoisotopic (exact) mass is 506 g/mol. The molecule has 0 saturated heterocycles. The van der Waals surface area contributed by atoms with Crippen LogP contribution in [0.15, 0.2) is 18.2 Å². The molecule has 1 saturated carbocycles. The molecule has 11 heteroatoms. The highest BCUT2D eigenvalue weighted by Gasteiger charge is 2.45. The number of halogens is 3. The van der Waals surface area contributed by atoms with E-state index in [2.05, 4.69) is 5.10 Å². The van der Waals surface area contributed by atoms with Crippen molar-refractivity contribution in [2.24, 2.45) is 11.1 Å². The van der Waals surface area contributed by atoms with E-state index in [1.807, 2.05) is 13.8 Å². The molecule has 1 aromatic carbocycles. The second-order valence-electron chi connectivity index (χ2n) is 10.4. The van der Waals surface area contributed by atoms with E-state index in [9.17, 15) is 32.7 Å². The molecule has 0 atom stereocenters. The molecule has 0 radical (unpaired) electrons. The highest BCUT2D eigenvalue weighted by Crippen LogP contribution is 2.42. The van der Waals surface area contributed by atoms with Crippen LogP contribution >= 0.6 is 0 Å². The lowest BCUT2D eigenvalue weighted by Gasteiger charge is -2.37. The highest BCUT2D eigenvalue weighted by molar-refractivity contribution is 6.01. The molecule has 0 bridgehead atoms. The van der Waals surface area contributed by atoms with Crippen molar-refractivity contribution in [3.8, 4) is 5.69 Å². The largest absolute Gasteiger partial charge is 0.435 e. The van der Waals surface area contributed by atoms with E-state index < -0.39 is 40.6 Å². The van der Waals surface area contributed by atoms with Gasteiger partial charge < -0.3 is 20.5 Å². The first-order chi connectivity index (χ1) is 16.8. The van der Waals surface area contributed by atoms with E-state index in [-0.39, 0.29) is 42.4 Å². The van der Waals surface area contributed by atoms with Crippen LogP contribution in [0.5, 0.6) is 0 Å². The zero-order valence-electron chi connectivity index (χ0n) is 20.1. The van der Waals surface area contributed by atoms with Gasteiger partial charge in [-0.05, 0) is 55.7 Å². The van der Waals surface area contributed by atoms with Crippen molar-refractivity contribution in [2.75, 3.05) is 11.4 Å². The number of anilines is 1. The minimum atomic E-state index is -4.82. The molecule has 3 N–H and O–H groups in total. The van der Waals surface area contributed by atoms with Crippen LogP contribution in [0.1, 0.15) is 78.1 Å². The number of hydrogen-bond donors (Lipinski definition) is 2. The fraction of sp³-hybridized carbons (Fsp3) is 0.520. The van der Waals surface area contributed by atoms with Gasteiger partial charge in [-0.1, -0.05) is 13.8 Å². The van der Waals surface area contributed by atoms with Crippen LogP contribution < -0.4 is 10.6 Å². The van der Waals surface area contributed by atoms with Gasteiger partial charge in [0.25, 0.3) is 5.91 Å². The number of hydrogen-bond acceptors (Lipinski definition) is 6.